The predicted molar refractivity (Wildman–Crippen MR) is 125 cm³/mol. The van der Waals surface area contributed by atoms with E-state index in [2.05, 4.69) is 4.98 Å². The van der Waals surface area contributed by atoms with Crippen molar-refractivity contribution in [3.05, 3.63) is 73.4 Å². The fraction of sp³-hybridized carbons (Fsp3) is 0.273. The van der Waals surface area contributed by atoms with Crippen molar-refractivity contribution in [2.45, 2.75) is 26.8 Å². The van der Waals surface area contributed by atoms with Gasteiger partial charge in [-0.25, -0.2) is 9.59 Å². The third kappa shape index (κ3) is 4.13. The maximum absolute atomic E-state index is 12.9. The van der Waals surface area contributed by atoms with Gasteiger partial charge in [-0.05, 0) is 23.6 Å². The van der Waals surface area contributed by atoms with Gasteiger partial charge in [0.15, 0.2) is 0 Å². The number of hydrogen-bond donors (Lipinski definition) is 1. The van der Waals surface area contributed by atoms with Gasteiger partial charge in [0, 0.05) is 36.5 Å². The molecule has 31 heavy (non-hydrogen) atoms. The van der Waals surface area contributed by atoms with Crippen LogP contribution in [0.3, 0.4) is 0 Å². The van der Waals surface area contributed by atoms with Gasteiger partial charge >= 0.3 is 41.2 Å². The van der Waals surface area contributed by atoms with Crippen molar-refractivity contribution in [1.29, 1.82) is 0 Å². The van der Waals surface area contributed by atoms with E-state index in [1.54, 1.807) is 6.20 Å². The van der Waals surface area contributed by atoms with Crippen molar-refractivity contribution in [3.63, 3.8) is 0 Å². The molecule has 3 heterocycles. The summed E-state index contributed by atoms with van der Waals surface area (Å²) in [6.45, 7) is 4.35. The zero-order valence-corrected chi connectivity index (χ0v) is 17.7. The van der Waals surface area contributed by atoms with Crippen LogP contribution in [0.25, 0.3) is 21.1 Å². The number of thiophene rings is 1. The normalized spacial score (nSPS) is 11.2. The average molecular weight is 447 g/mol. The van der Waals surface area contributed by atoms with E-state index in [9.17, 15) is 19.5 Å². The molecular formula is C22H22N3NaO4S. The molecule has 3 aromatic heterocycles. The third-order valence-electron chi connectivity index (χ3n) is 5.09. The van der Waals surface area contributed by atoms with E-state index in [0.717, 1.165) is 21.0 Å². The fourth-order valence-corrected chi connectivity index (χ4v) is 5.05. The molecule has 1 N–H and O–H groups in total. The van der Waals surface area contributed by atoms with Gasteiger partial charge < -0.3 is 5.11 Å². The number of benzene rings is 1. The molecule has 156 valence electrons. The average Bonchev–Trinajstić information content (AvgIpc) is 3.09. The van der Waals surface area contributed by atoms with Crippen molar-refractivity contribution in [3.8, 4) is 0 Å². The Labute approximate surface area is 204 Å². The summed E-state index contributed by atoms with van der Waals surface area (Å²) >= 11 is 1.21. The Morgan fingerprint density at radius 1 is 1.19 bits per heavy atom. The van der Waals surface area contributed by atoms with Gasteiger partial charge in [-0.3, -0.25) is 18.9 Å². The molecule has 0 amide bonds. The van der Waals surface area contributed by atoms with Gasteiger partial charge in [0.2, 0.25) is 0 Å². The Hall–Kier alpha value is -2.26. The Kier molecular flexibility index (Phi) is 6.85. The molecule has 4 aromatic rings. The molecule has 0 aliphatic heterocycles. The van der Waals surface area contributed by atoms with Crippen LogP contribution in [0.1, 0.15) is 34.6 Å². The van der Waals surface area contributed by atoms with Gasteiger partial charge in [0.1, 0.15) is 4.83 Å². The minimum atomic E-state index is -1.17. The maximum atomic E-state index is 12.9. The summed E-state index contributed by atoms with van der Waals surface area (Å²) < 4.78 is 2.52. The van der Waals surface area contributed by atoms with Crippen LogP contribution in [-0.4, -0.2) is 54.8 Å². The second-order valence-electron chi connectivity index (χ2n) is 7.70. The molecule has 0 fully saturated rings. The number of carboxylic acids is 1. The summed E-state index contributed by atoms with van der Waals surface area (Å²) in [5, 5.41) is 11.0. The summed E-state index contributed by atoms with van der Waals surface area (Å²) in [5.74, 6) is -1.01. The van der Waals surface area contributed by atoms with Gasteiger partial charge in [-0.15, -0.1) is 11.3 Å². The molecule has 0 aliphatic carbocycles. The standard InChI is InChI=1S/C22H21N3O4S.Na.H/c1-12(2)11-25-20-18(19(26)24(3)22(25)29)17(21(27)28)16(30-20)10-13-6-4-8-15-14(13)7-5-9-23-15;;/h4-9,12H,10-11H2,1-3H3,(H,27,28);;. The molecule has 7 nitrogen and oxygen atoms in total. The van der Waals surface area contributed by atoms with Crippen molar-refractivity contribution in [2.24, 2.45) is 13.0 Å². The molecule has 0 bridgehead atoms. The van der Waals surface area contributed by atoms with E-state index in [0.29, 0.717) is 22.7 Å². The molecule has 0 saturated carbocycles. The minimum absolute atomic E-state index is 0. The van der Waals surface area contributed by atoms with Crippen molar-refractivity contribution < 1.29 is 9.90 Å². The van der Waals surface area contributed by atoms with Crippen molar-refractivity contribution in [1.82, 2.24) is 14.1 Å². The van der Waals surface area contributed by atoms with Crippen LogP contribution in [0.5, 0.6) is 0 Å². The number of rotatable bonds is 5. The SMILES string of the molecule is CC(C)Cn1c(=O)n(C)c(=O)c2c(C(=O)O)c(Cc3cccc4ncccc34)sc21.[NaH]. The molecule has 0 aliphatic rings. The summed E-state index contributed by atoms with van der Waals surface area (Å²) in [5.41, 5.74) is 0.716. The van der Waals surface area contributed by atoms with Crippen LogP contribution in [0, 0.1) is 5.92 Å². The number of carboxylic acid groups (broad SMARTS) is 1. The number of aromatic nitrogens is 3. The van der Waals surface area contributed by atoms with Crippen LogP contribution in [0.4, 0.5) is 0 Å². The molecule has 0 saturated heterocycles. The number of fused-ring (bicyclic) bond motifs is 2. The molecule has 0 unspecified atom stereocenters. The summed E-state index contributed by atoms with van der Waals surface area (Å²) in [7, 11) is 1.39. The molecule has 1 aromatic carbocycles. The number of carbonyl (C=O) groups is 1. The van der Waals surface area contributed by atoms with E-state index >= 15 is 0 Å². The van der Waals surface area contributed by atoms with Crippen molar-refractivity contribution >= 4 is 68.0 Å². The van der Waals surface area contributed by atoms with Crippen LogP contribution in [-0.2, 0) is 20.0 Å². The van der Waals surface area contributed by atoms with E-state index < -0.39 is 17.2 Å². The van der Waals surface area contributed by atoms with Gasteiger partial charge in [0.05, 0.1) is 16.5 Å². The molecule has 0 spiro atoms. The monoisotopic (exact) mass is 447 g/mol. The number of hydrogen-bond acceptors (Lipinski definition) is 5. The Morgan fingerprint density at radius 2 is 1.94 bits per heavy atom. The van der Waals surface area contributed by atoms with Crippen LogP contribution < -0.4 is 11.2 Å². The van der Waals surface area contributed by atoms with Gasteiger partial charge in [-0.1, -0.05) is 32.0 Å². The second kappa shape index (κ2) is 9.08. The molecule has 0 atom stereocenters. The Morgan fingerprint density at radius 3 is 2.61 bits per heavy atom. The number of nitrogens with zero attached hydrogens (tertiary/aromatic N) is 3. The first-order chi connectivity index (χ1) is 14.3. The fourth-order valence-electron chi connectivity index (χ4n) is 3.75. The topological polar surface area (TPSA) is 94.2 Å². The Bertz CT molecular complexity index is 1410. The van der Waals surface area contributed by atoms with Gasteiger partial charge in [-0.2, -0.15) is 0 Å². The zero-order valence-electron chi connectivity index (χ0n) is 16.9. The quantitative estimate of drug-likeness (QED) is 0.475. The summed E-state index contributed by atoms with van der Waals surface area (Å²) in [4.78, 5) is 43.1. The zero-order chi connectivity index (χ0) is 21.6. The summed E-state index contributed by atoms with van der Waals surface area (Å²) in [6, 6.07) is 9.49. The Balaban J connectivity index is 0.00000272. The van der Waals surface area contributed by atoms with E-state index in [-0.39, 0.29) is 46.4 Å². The second-order valence-corrected chi connectivity index (χ2v) is 8.78. The van der Waals surface area contributed by atoms with Crippen molar-refractivity contribution in [2.75, 3.05) is 0 Å². The first-order valence-electron chi connectivity index (χ1n) is 9.60. The molecular weight excluding hydrogens is 425 g/mol. The third-order valence-corrected chi connectivity index (χ3v) is 6.31. The van der Waals surface area contributed by atoms with E-state index in [1.165, 1.54) is 23.0 Å². The number of aromatic carboxylic acids is 1. The van der Waals surface area contributed by atoms with E-state index in [4.69, 9.17) is 0 Å². The van der Waals surface area contributed by atoms with Crippen LogP contribution in [0.2, 0.25) is 0 Å². The number of pyridine rings is 1. The van der Waals surface area contributed by atoms with Crippen LogP contribution in [0.15, 0.2) is 46.1 Å². The van der Waals surface area contributed by atoms with E-state index in [1.807, 2.05) is 44.2 Å². The van der Waals surface area contributed by atoms with Crippen LogP contribution >= 0.6 is 11.3 Å². The summed E-state index contributed by atoms with van der Waals surface area (Å²) in [6.07, 6.45) is 2.05. The van der Waals surface area contributed by atoms with Gasteiger partial charge in [0.25, 0.3) is 5.56 Å². The molecule has 9 heteroatoms. The first-order valence-corrected chi connectivity index (χ1v) is 10.4. The molecule has 0 radical (unpaired) electrons. The first kappa shape index (κ1) is 23.4. The predicted octanol–water partition coefficient (Wildman–Crippen LogP) is 2.61. The molecule has 4 rings (SSSR count).